The number of carbonyl (C=O) groups is 1. The van der Waals surface area contributed by atoms with Crippen LogP contribution in [0.2, 0.25) is 0 Å². The maximum atomic E-state index is 12.5. The quantitative estimate of drug-likeness (QED) is 0.708. The molecule has 0 spiro atoms. The smallest absolute Gasteiger partial charge is 0.407 e. The first-order valence-electron chi connectivity index (χ1n) is 10.7. The number of hydrogen-bond acceptors (Lipinski definition) is 6. The van der Waals surface area contributed by atoms with Crippen LogP contribution in [-0.4, -0.2) is 55.0 Å². The van der Waals surface area contributed by atoms with Crippen molar-refractivity contribution in [3.05, 3.63) is 59.7 Å². The lowest BCUT2D eigenvalue weighted by Gasteiger charge is -2.47. The van der Waals surface area contributed by atoms with E-state index in [1.54, 1.807) is 12.1 Å². The van der Waals surface area contributed by atoms with Crippen LogP contribution in [0.3, 0.4) is 0 Å². The maximum absolute atomic E-state index is 12.5. The van der Waals surface area contributed by atoms with Crippen molar-refractivity contribution < 1.29 is 24.1 Å². The summed E-state index contributed by atoms with van der Waals surface area (Å²) in [5.41, 5.74) is 1.82. The fourth-order valence-electron chi connectivity index (χ4n) is 4.19. The number of nitrogens with zero attached hydrogens (tertiary/aromatic N) is 1. The van der Waals surface area contributed by atoms with Crippen molar-refractivity contribution in [3.63, 3.8) is 0 Å². The van der Waals surface area contributed by atoms with E-state index in [1.165, 1.54) is 0 Å². The third-order valence-electron chi connectivity index (χ3n) is 5.56. The maximum Gasteiger partial charge on any atom is 0.407 e. The SMILES string of the molecule is CC1(C)CN(C[C@@H](NC(=O)OCc2ccccc2)[C@H](O)c2ccc3c(c2)OCCO3)C1. The van der Waals surface area contributed by atoms with Crippen LogP contribution in [0.25, 0.3) is 0 Å². The Labute approximate surface area is 182 Å². The van der Waals surface area contributed by atoms with E-state index in [1.807, 2.05) is 36.4 Å². The summed E-state index contributed by atoms with van der Waals surface area (Å²) >= 11 is 0. The van der Waals surface area contributed by atoms with Crippen molar-refractivity contribution in [3.8, 4) is 11.5 Å². The van der Waals surface area contributed by atoms with Gasteiger partial charge in [0, 0.05) is 19.6 Å². The van der Waals surface area contributed by atoms with Crippen molar-refractivity contribution >= 4 is 6.09 Å². The molecule has 166 valence electrons. The number of likely N-dealkylation sites (tertiary alicyclic amines) is 1. The second-order valence-electron chi connectivity index (χ2n) is 8.99. The average Bonchev–Trinajstić information content (AvgIpc) is 2.76. The Morgan fingerprint density at radius 2 is 1.84 bits per heavy atom. The van der Waals surface area contributed by atoms with Crippen LogP contribution in [0.5, 0.6) is 11.5 Å². The molecule has 2 N–H and O–H groups in total. The van der Waals surface area contributed by atoms with Gasteiger partial charge in [-0.3, -0.25) is 0 Å². The minimum Gasteiger partial charge on any atom is -0.486 e. The highest BCUT2D eigenvalue weighted by Gasteiger charge is 2.37. The third-order valence-corrected chi connectivity index (χ3v) is 5.56. The average molecular weight is 427 g/mol. The third kappa shape index (κ3) is 5.48. The fraction of sp³-hybridized carbons (Fsp3) is 0.458. The van der Waals surface area contributed by atoms with Gasteiger partial charge in [-0.25, -0.2) is 4.79 Å². The van der Waals surface area contributed by atoms with Gasteiger partial charge < -0.3 is 29.5 Å². The van der Waals surface area contributed by atoms with Gasteiger partial charge in [0.25, 0.3) is 0 Å². The molecule has 0 radical (unpaired) electrons. The molecule has 7 nitrogen and oxygen atoms in total. The molecule has 1 fully saturated rings. The summed E-state index contributed by atoms with van der Waals surface area (Å²) in [5, 5.41) is 14.0. The van der Waals surface area contributed by atoms with Gasteiger partial charge >= 0.3 is 6.09 Å². The molecule has 2 atom stereocenters. The number of ether oxygens (including phenoxy) is 3. The first-order valence-corrected chi connectivity index (χ1v) is 10.7. The highest BCUT2D eigenvalue weighted by atomic mass is 16.6. The highest BCUT2D eigenvalue weighted by molar-refractivity contribution is 5.67. The van der Waals surface area contributed by atoms with E-state index in [2.05, 4.69) is 24.1 Å². The molecule has 2 aromatic rings. The Hall–Kier alpha value is -2.77. The lowest BCUT2D eigenvalue weighted by molar-refractivity contribution is 0.00311. The van der Waals surface area contributed by atoms with Gasteiger partial charge in [0.05, 0.1) is 6.04 Å². The van der Waals surface area contributed by atoms with E-state index in [-0.39, 0.29) is 12.0 Å². The Morgan fingerprint density at radius 1 is 1.13 bits per heavy atom. The summed E-state index contributed by atoms with van der Waals surface area (Å²) in [5.74, 6) is 1.27. The molecule has 2 heterocycles. The molecule has 2 aliphatic rings. The first kappa shape index (κ1) is 21.5. The Morgan fingerprint density at radius 3 is 2.55 bits per heavy atom. The molecule has 2 aromatic carbocycles. The van der Waals surface area contributed by atoms with Gasteiger partial charge in [0.1, 0.15) is 25.9 Å². The van der Waals surface area contributed by atoms with Gasteiger partial charge in [-0.1, -0.05) is 50.2 Å². The van der Waals surface area contributed by atoms with E-state index < -0.39 is 18.2 Å². The van der Waals surface area contributed by atoms with E-state index in [9.17, 15) is 9.90 Å². The van der Waals surface area contributed by atoms with Crippen LogP contribution in [0, 0.1) is 5.41 Å². The van der Waals surface area contributed by atoms with Crippen LogP contribution in [0.4, 0.5) is 4.79 Å². The molecule has 0 aromatic heterocycles. The predicted molar refractivity (Wildman–Crippen MR) is 116 cm³/mol. The van der Waals surface area contributed by atoms with Crippen LogP contribution < -0.4 is 14.8 Å². The normalized spacial score (nSPS) is 19.1. The number of alkyl carbamates (subject to hydrolysis) is 1. The zero-order valence-electron chi connectivity index (χ0n) is 18.0. The fourth-order valence-corrected chi connectivity index (χ4v) is 4.19. The summed E-state index contributed by atoms with van der Waals surface area (Å²) in [6.07, 6.45) is -1.46. The lowest BCUT2D eigenvalue weighted by atomic mass is 9.84. The van der Waals surface area contributed by atoms with Crippen LogP contribution in [0.1, 0.15) is 31.1 Å². The zero-order chi connectivity index (χ0) is 21.8. The molecule has 0 bridgehead atoms. The van der Waals surface area contributed by atoms with Gasteiger partial charge in [0.2, 0.25) is 0 Å². The Kier molecular flexibility index (Phi) is 6.34. The molecule has 2 aliphatic heterocycles. The van der Waals surface area contributed by atoms with Crippen molar-refractivity contribution in [1.29, 1.82) is 0 Å². The number of carbonyl (C=O) groups excluding carboxylic acids is 1. The summed E-state index contributed by atoms with van der Waals surface area (Å²) in [4.78, 5) is 14.7. The van der Waals surface area contributed by atoms with Crippen molar-refractivity contribution in [2.75, 3.05) is 32.8 Å². The number of fused-ring (bicyclic) bond motifs is 1. The van der Waals surface area contributed by atoms with E-state index in [0.717, 1.165) is 18.7 Å². The van der Waals surface area contributed by atoms with Gasteiger partial charge in [-0.15, -0.1) is 0 Å². The monoisotopic (exact) mass is 426 g/mol. The first-order chi connectivity index (χ1) is 14.9. The van der Waals surface area contributed by atoms with Crippen molar-refractivity contribution in [2.45, 2.75) is 32.6 Å². The second-order valence-corrected chi connectivity index (χ2v) is 8.99. The molecule has 7 heteroatoms. The molecular weight excluding hydrogens is 396 g/mol. The Bertz CT molecular complexity index is 894. The molecule has 31 heavy (non-hydrogen) atoms. The molecule has 4 rings (SSSR count). The van der Waals surface area contributed by atoms with Crippen LogP contribution >= 0.6 is 0 Å². The number of amides is 1. The number of rotatable bonds is 7. The standard InChI is InChI=1S/C24H30N2O5/c1-24(2)15-26(16-24)13-19(25-23(28)31-14-17-6-4-3-5-7-17)22(27)18-8-9-20-21(12-18)30-11-10-29-20/h3-9,12,19,22,27H,10-11,13-16H2,1-2H3,(H,25,28)/t19-,22-/m1/s1. The minimum atomic E-state index is -0.913. The summed E-state index contributed by atoms with van der Waals surface area (Å²) < 4.78 is 16.6. The van der Waals surface area contributed by atoms with Crippen molar-refractivity contribution in [2.24, 2.45) is 5.41 Å². The largest absolute Gasteiger partial charge is 0.486 e. The Balaban J connectivity index is 1.43. The zero-order valence-corrected chi connectivity index (χ0v) is 18.0. The topological polar surface area (TPSA) is 80.3 Å². The molecule has 0 aliphatic carbocycles. The molecule has 0 saturated carbocycles. The highest BCUT2D eigenvalue weighted by Crippen LogP contribution is 2.34. The van der Waals surface area contributed by atoms with Crippen molar-refractivity contribution in [1.82, 2.24) is 10.2 Å². The summed E-state index contributed by atoms with van der Waals surface area (Å²) in [6.45, 7) is 7.93. The van der Waals surface area contributed by atoms with Crippen LogP contribution in [0.15, 0.2) is 48.5 Å². The molecule has 1 saturated heterocycles. The number of nitrogens with one attached hydrogen (secondary N) is 1. The molecule has 0 unspecified atom stereocenters. The van der Waals surface area contributed by atoms with Gasteiger partial charge in [0.15, 0.2) is 11.5 Å². The number of benzene rings is 2. The van der Waals surface area contributed by atoms with E-state index >= 15 is 0 Å². The number of aliphatic hydroxyl groups excluding tert-OH is 1. The number of hydrogen-bond donors (Lipinski definition) is 2. The molecular formula is C24H30N2O5. The summed E-state index contributed by atoms with van der Waals surface area (Å²) in [6, 6.07) is 14.4. The number of aliphatic hydroxyl groups is 1. The van der Waals surface area contributed by atoms with E-state index in [0.29, 0.717) is 36.8 Å². The molecule has 1 amide bonds. The summed E-state index contributed by atoms with van der Waals surface area (Å²) in [7, 11) is 0. The van der Waals surface area contributed by atoms with E-state index in [4.69, 9.17) is 14.2 Å². The minimum absolute atomic E-state index is 0.177. The van der Waals surface area contributed by atoms with Crippen LogP contribution in [-0.2, 0) is 11.3 Å². The second kappa shape index (κ2) is 9.16. The lowest BCUT2D eigenvalue weighted by Crippen LogP contribution is -2.58. The van der Waals surface area contributed by atoms with Gasteiger partial charge in [-0.2, -0.15) is 0 Å². The van der Waals surface area contributed by atoms with Gasteiger partial charge in [-0.05, 0) is 28.7 Å². The predicted octanol–water partition coefficient (Wildman–Crippen LogP) is 3.13.